The fourth-order valence-electron chi connectivity index (χ4n) is 1.84. The average molecular weight is 189 g/mol. The Morgan fingerprint density at radius 3 is 2.58 bits per heavy atom. The van der Waals surface area contributed by atoms with E-state index in [0.29, 0.717) is 12.1 Å². The SMILES string of the molecule is CC1CC(NC(C)CS(C)=O)C1. The number of rotatable bonds is 4. The molecule has 1 aliphatic rings. The zero-order chi connectivity index (χ0) is 9.14. The van der Waals surface area contributed by atoms with Gasteiger partial charge in [-0.25, -0.2) is 0 Å². The molecule has 2 atom stereocenters. The Morgan fingerprint density at radius 2 is 2.17 bits per heavy atom. The Balaban J connectivity index is 2.10. The summed E-state index contributed by atoms with van der Waals surface area (Å²) >= 11 is 0. The van der Waals surface area contributed by atoms with Crippen molar-refractivity contribution < 1.29 is 4.21 Å². The molecule has 0 amide bonds. The second-order valence-electron chi connectivity index (χ2n) is 4.08. The lowest BCUT2D eigenvalue weighted by molar-refractivity contribution is 0.230. The molecule has 0 aliphatic heterocycles. The summed E-state index contributed by atoms with van der Waals surface area (Å²) in [5.74, 6) is 1.67. The van der Waals surface area contributed by atoms with E-state index in [1.165, 1.54) is 12.8 Å². The van der Waals surface area contributed by atoms with E-state index in [4.69, 9.17) is 0 Å². The molecule has 1 rings (SSSR count). The lowest BCUT2D eigenvalue weighted by Gasteiger charge is -2.35. The molecule has 0 spiro atoms. The van der Waals surface area contributed by atoms with E-state index < -0.39 is 10.8 Å². The minimum atomic E-state index is -0.661. The molecule has 0 aromatic rings. The summed E-state index contributed by atoms with van der Waals surface area (Å²) in [5.41, 5.74) is 0. The van der Waals surface area contributed by atoms with Crippen molar-refractivity contribution in [2.24, 2.45) is 5.92 Å². The fourth-order valence-corrected chi connectivity index (χ4v) is 2.64. The predicted molar refractivity (Wildman–Crippen MR) is 53.7 cm³/mol. The zero-order valence-corrected chi connectivity index (χ0v) is 8.99. The van der Waals surface area contributed by atoms with Crippen molar-refractivity contribution in [1.82, 2.24) is 5.32 Å². The van der Waals surface area contributed by atoms with Gasteiger partial charge in [0.2, 0.25) is 0 Å². The van der Waals surface area contributed by atoms with Crippen molar-refractivity contribution in [3.05, 3.63) is 0 Å². The van der Waals surface area contributed by atoms with Crippen molar-refractivity contribution in [3.63, 3.8) is 0 Å². The first-order valence-electron chi connectivity index (χ1n) is 4.64. The molecule has 12 heavy (non-hydrogen) atoms. The smallest absolute Gasteiger partial charge is 0.0383 e. The normalized spacial score (nSPS) is 33.9. The lowest BCUT2D eigenvalue weighted by atomic mass is 9.81. The minimum Gasteiger partial charge on any atom is -0.311 e. The van der Waals surface area contributed by atoms with Gasteiger partial charge in [-0.1, -0.05) is 6.92 Å². The molecule has 1 aliphatic carbocycles. The molecule has 72 valence electrons. The van der Waals surface area contributed by atoms with Crippen LogP contribution in [0.25, 0.3) is 0 Å². The van der Waals surface area contributed by atoms with Gasteiger partial charge in [-0.15, -0.1) is 0 Å². The van der Waals surface area contributed by atoms with Crippen molar-refractivity contribution in [2.75, 3.05) is 12.0 Å². The molecule has 0 aromatic heterocycles. The largest absolute Gasteiger partial charge is 0.311 e. The summed E-state index contributed by atoms with van der Waals surface area (Å²) in [6.45, 7) is 4.39. The van der Waals surface area contributed by atoms with Crippen molar-refractivity contribution in [2.45, 2.75) is 38.8 Å². The third-order valence-corrected chi connectivity index (χ3v) is 3.35. The van der Waals surface area contributed by atoms with Crippen LogP contribution in [0.5, 0.6) is 0 Å². The summed E-state index contributed by atoms with van der Waals surface area (Å²) in [4.78, 5) is 0. The Morgan fingerprint density at radius 1 is 1.58 bits per heavy atom. The minimum absolute atomic E-state index is 0.410. The Hall–Kier alpha value is 0.110. The summed E-state index contributed by atoms with van der Waals surface area (Å²) in [6, 6.07) is 1.10. The molecule has 0 heterocycles. The molecule has 2 unspecified atom stereocenters. The van der Waals surface area contributed by atoms with Crippen LogP contribution >= 0.6 is 0 Å². The second kappa shape index (κ2) is 4.38. The second-order valence-corrected chi connectivity index (χ2v) is 5.56. The number of hydrogen-bond acceptors (Lipinski definition) is 2. The first kappa shape index (κ1) is 10.2. The van der Waals surface area contributed by atoms with Gasteiger partial charge in [0, 0.05) is 34.9 Å². The molecule has 0 saturated heterocycles. The zero-order valence-electron chi connectivity index (χ0n) is 8.17. The van der Waals surface area contributed by atoms with Crippen LogP contribution in [-0.4, -0.2) is 28.3 Å². The van der Waals surface area contributed by atoms with Crippen LogP contribution in [0.3, 0.4) is 0 Å². The van der Waals surface area contributed by atoms with Gasteiger partial charge in [0.15, 0.2) is 0 Å². The average Bonchev–Trinajstić information content (AvgIpc) is 1.82. The summed E-state index contributed by atoms with van der Waals surface area (Å²) in [7, 11) is -0.661. The fraction of sp³-hybridized carbons (Fsp3) is 1.00. The molecule has 3 heteroatoms. The van der Waals surface area contributed by atoms with Crippen molar-refractivity contribution >= 4 is 10.8 Å². The van der Waals surface area contributed by atoms with Crippen LogP contribution in [0.15, 0.2) is 0 Å². The summed E-state index contributed by atoms with van der Waals surface area (Å²) in [6.07, 6.45) is 4.35. The van der Waals surface area contributed by atoms with Crippen molar-refractivity contribution in [1.29, 1.82) is 0 Å². The highest BCUT2D eigenvalue weighted by molar-refractivity contribution is 7.84. The molecule has 2 nitrogen and oxygen atoms in total. The van der Waals surface area contributed by atoms with E-state index in [9.17, 15) is 4.21 Å². The van der Waals surface area contributed by atoms with Crippen LogP contribution in [0.1, 0.15) is 26.7 Å². The van der Waals surface area contributed by atoms with Crippen LogP contribution in [0.4, 0.5) is 0 Å². The van der Waals surface area contributed by atoms with E-state index in [-0.39, 0.29) is 0 Å². The lowest BCUT2D eigenvalue weighted by Crippen LogP contribution is -2.46. The van der Waals surface area contributed by atoms with Gasteiger partial charge in [-0.2, -0.15) is 0 Å². The van der Waals surface area contributed by atoms with Crippen LogP contribution in [0, 0.1) is 5.92 Å². The molecule has 1 saturated carbocycles. The van der Waals surface area contributed by atoms with E-state index in [2.05, 4.69) is 19.2 Å². The highest BCUT2D eigenvalue weighted by Crippen LogP contribution is 2.26. The number of nitrogens with one attached hydrogen (secondary N) is 1. The van der Waals surface area contributed by atoms with Crippen molar-refractivity contribution in [3.8, 4) is 0 Å². The molecule has 0 aromatic carbocycles. The van der Waals surface area contributed by atoms with Crippen LogP contribution in [0.2, 0.25) is 0 Å². The predicted octanol–water partition coefficient (Wildman–Crippen LogP) is 1.14. The quantitative estimate of drug-likeness (QED) is 0.718. The van der Waals surface area contributed by atoms with E-state index in [0.717, 1.165) is 11.7 Å². The van der Waals surface area contributed by atoms with Gasteiger partial charge >= 0.3 is 0 Å². The Labute approximate surface area is 77.6 Å². The maximum absolute atomic E-state index is 10.9. The Kier molecular flexibility index (Phi) is 3.72. The standard InChI is InChI=1S/C9H19NOS/c1-7-4-9(5-7)10-8(2)6-12(3)11/h7-10H,4-6H2,1-3H3. The van der Waals surface area contributed by atoms with Gasteiger partial charge < -0.3 is 5.32 Å². The van der Waals surface area contributed by atoms with E-state index in [1.54, 1.807) is 6.26 Å². The van der Waals surface area contributed by atoms with Gasteiger partial charge in [-0.05, 0) is 25.7 Å². The van der Waals surface area contributed by atoms with E-state index >= 15 is 0 Å². The first-order valence-corrected chi connectivity index (χ1v) is 6.36. The Bertz CT molecular complexity index is 166. The summed E-state index contributed by atoms with van der Waals surface area (Å²) in [5, 5.41) is 3.49. The van der Waals surface area contributed by atoms with E-state index in [1.807, 2.05) is 0 Å². The van der Waals surface area contributed by atoms with Crippen LogP contribution in [-0.2, 0) is 10.8 Å². The highest BCUT2D eigenvalue weighted by Gasteiger charge is 2.25. The van der Waals surface area contributed by atoms with Gasteiger partial charge in [0.25, 0.3) is 0 Å². The molecule has 1 N–H and O–H groups in total. The molecular weight excluding hydrogens is 170 g/mol. The van der Waals surface area contributed by atoms with Gasteiger partial charge in [0.05, 0.1) is 0 Å². The summed E-state index contributed by atoms with van der Waals surface area (Å²) < 4.78 is 10.9. The third-order valence-electron chi connectivity index (χ3n) is 2.38. The monoisotopic (exact) mass is 189 g/mol. The molecular formula is C9H19NOS. The third kappa shape index (κ3) is 3.23. The molecule has 1 fully saturated rings. The van der Waals surface area contributed by atoms with Gasteiger partial charge in [-0.3, -0.25) is 4.21 Å². The highest BCUT2D eigenvalue weighted by atomic mass is 32.2. The van der Waals surface area contributed by atoms with Crippen LogP contribution < -0.4 is 5.32 Å². The maximum atomic E-state index is 10.9. The topological polar surface area (TPSA) is 29.1 Å². The maximum Gasteiger partial charge on any atom is 0.0383 e. The first-order chi connectivity index (χ1) is 5.58. The van der Waals surface area contributed by atoms with Gasteiger partial charge in [0.1, 0.15) is 0 Å². The number of hydrogen-bond donors (Lipinski definition) is 1. The molecule has 0 radical (unpaired) electrons. The molecule has 0 bridgehead atoms.